The van der Waals surface area contributed by atoms with E-state index in [4.69, 9.17) is 16.3 Å². The van der Waals surface area contributed by atoms with E-state index >= 15 is 0 Å². The topological polar surface area (TPSA) is 26.3 Å². The first-order valence-electron chi connectivity index (χ1n) is 7.17. The Morgan fingerprint density at radius 2 is 2.00 bits per heavy atom. The van der Waals surface area contributed by atoms with E-state index in [9.17, 15) is 4.79 Å². The van der Waals surface area contributed by atoms with E-state index < -0.39 is 0 Å². The Kier molecular flexibility index (Phi) is 3.12. The molecule has 108 valence electrons. The number of hydrogen-bond donors (Lipinski definition) is 0. The Morgan fingerprint density at radius 1 is 1.14 bits per heavy atom. The molecule has 0 fully saturated rings. The minimum atomic E-state index is 0.119. The minimum absolute atomic E-state index is 0.119. The molecule has 0 unspecified atom stereocenters. The van der Waals surface area contributed by atoms with Gasteiger partial charge in [0.25, 0.3) is 0 Å². The summed E-state index contributed by atoms with van der Waals surface area (Å²) in [6.07, 6.45) is 4.68. The van der Waals surface area contributed by atoms with Gasteiger partial charge in [-0.05, 0) is 41.5 Å². The summed E-state index contributed by atoms with van der Waals surface area (Å²) < 4.78 is 5.73. The van der Waals surface area contributed by atoms with Crippen molar-refractivity contribution in [3.05, 3.63) is 81.4 Å². The summed E-state index contributed by atoms with van der Waals surface area (Å²) in [5.41, 5.74) is 4.68. The van der Waals surface area contributed by atoms with E-state index in [0.717, 1.165) is 33.6 Å². The van der Waals surface area contributed by atoms with Gasteiger partial charge in [0.05, 0.1) is 0 Å². The fraction of sp³-hybridized carbons (Fsp3) is 0.105. The third kappa shape index (κ3) is 2.26. The molecule has 22 heavy (non-hydrogen) atoms. The number of carbonyl (C=O) groups is 1. The molecule has 2 aromatic rings. The molecule has 2 aromatic carbocycles. The summed E-state index contributed by atoms with van der Waals surface area (Å²) in [5.74, 6) is 0.945. The molecule has 2 aliphatic rings. The first-order chi connectivity index (χ1) is 10.7. The van der Waals surface area contributed by atoms with Crippen LogP contribution in [0.4, 0.5) is 0 Å². The molecule has 0 atom stereocenters. The first kappa shape index (κ1) is 13.4. The fourth-order valence-electron chi connectivity index (χ4n) is 2.94. The molecule has 0 radical (unpaired) electrons. The van der Waals surface area contributed by atoms with Gasteiger partial charge >= 0.3 is 0 Å². The van der Waals surface area contributed by atoms with Gasteiger partial charge in [0.15, 0.2) is 5.78 Å². The highest BCUT2D eigenvalue weighted by molar-refractivity contribution is 6.30. The lowest BCUT2D eigenvalue weighted by atomic mass is 10.0. The fourth-order valence-corrected chi connectivity index (χ4v) is 3.12. The van der Waals surface area contributed by atoms with Gasteiger partial charge in [-0.15, -0.1) is 0 Å². The molecule has 1 aliphatic heterocycles. The molecule has 0 N–H and O–H groups in total. The number of Topliss-reactive ketones (excluding diaryl/α,β-unsaturated/α-hetero) is 1. The maximum atomic E-state index is 12.4. The molecule has 0 amide bonds. The van der Waals surface area contributed by atoms with Gasteiger partial charge in [-0.1, -0.05) is 35.9 Å². The van der Waals surface area contributed by atoms with E-state index in [0.29, 0.717) is 18.1 Å². The summed E-state index contributed by atoms with van der Waals surface area (Å²) in [5, 5.41) is 0.678. The lowest BCUT2D eigenvalue weighted by molar-refractivity contribution is 0.103. The van der Waals surface area contributed by atoms with Gasteiger partial charge in [0, 0.05) is 28.1 Å². The van der Waals surface area contributed by atoms with Gasteiger partial charge in [0.1, 0.15) is 12.4 Å². The summed E-state index contributed by atoms with van der Waals surface area (Å²) in [4.78, 5) is 12.4. The number of benzene rings is 2. The molecule has 1 heterocycles. The van der Waals surface area contributed by atoms with Crippen LogP contribution in [-0.4, -0.2) is 12.4 Å². The van der Waals surface area contributed by atoms with Crippen molar-refractivity contribution in [3.8, 4) is 5.75 Å². The number of hydrogen-bond acceptors (Lipinski definition) is 2. The molecule has 1 aliphatic carbocycles. The number of allylic oxidation sites excluding steroid dienone is 1. The van der Waals surface area contributed by atoms with Crippen molar-refractivity contribution in [2.45, 2.75) is 6.42 Å². The van der Waals surface area contributed by atoms with Gasteiger partial charge in [-0.3, -0.25) is 4.79 Å². The SMILES string of the molecule is O=C1C(=CC2=Cc3cc(Cl)ccc3OC2)Cc2ccccc21. The van der Waals surface area contributed by atoms with E-state index in [1.807, 2.05) is 54.6 Å². The zero-order valence-corrected chi connectivity index (χ0v) is 12.6. The quantitative estimate of drug-likeness (QED) is 0.726. The Labute approximate surface area is 133 Å². The lowest BCUT2D eigenvalue weighted by Gasteiger charge is -2.16. The van der Waals surface area contributed by atoms with Crippen molar-refractivity contribution in [2.75, 3.05) is 6.61 Å². The van der Waals surface area contributed by atoms with E-state index in [2.05, 4.69) is 0 Å². The summed E-state index contributed by atoms with van der Waals surface area (Å²) in [6.45, 7) is 0.474. The maximum absolute atomic E-state index is 12.4. The van der Waals surface area contributed by atoms with Crippen LogP contribution in [0.5, 0.6) is 5.75 Å². The first-order valence-corrected chi connectivity index (χ1v) is 7.54. The zero-order valence-electron chi connectivity index (χ0n) is 11.8. The molecule has 3 heteroatoms. The molecule has 0 saturated heterocycles. The zero-order chi connectivity index (χ0) is 15.1. The van der Waals surface area contributed by atoms with Crippen molar-refractivity contribution in [3.63, 3.8) is 0 Å². The van der Waals surface area contributed by atoms with Crippen LogP contribution in [0.1, 0.15) is 21.5 Å². The number of fused-ring (bicyclic) bond motifs is 2. The van der Waals surface area contributed by atoms with Crippen LogP contribution in [0, 0.1) is 0 Å². The average molecular weight is 309 g/mol. The number of carbonyl (C=O) groups excluding carboxylic acids is 1. The number of rotatable bonds is 1. The minimum Gasteiger partial charge on any atom is -0.488 e. The Morgan fingerprint density at radius 3 is 2.86 bits per heavy atom. The maximum Gasteiger partial charge on any atom is 0.189 e. The predicted octanol–water partition coefficient (Wildman–Crippen LogP) is 4.48. The Balaban J connectivity index is 1.69. The molecule has 0 saturated carbocycles. The van der Waals surface area contributed by atoms with Crippen LogP contribution in [0.3, 0.4) is 0 Å². The van der Waals surface area contributed by atoms with E-state index in [-0.39, 0.29) is 5.78 Å². The smallest absolute Gasteiger partial charge is 0.189 e. The van der Waals surface area contributed by atoms with E-state index in [1.165, 1.54) is 0 Å². The Bertz CT molecular complexity index is 846. The molecule has 2 nitrogen and oxygen atoms in total. The number of ether oxygens (including phenoxy) is 1. The molecular weight excluding hydrogens is 296 g/mol. The number of halogens is 1. The van der Waals surface area contributed by atoms with Crippen molar-refractivity contribution in [2.24, 2.45) is 0 Å². The van der Waals surface area contributed by atoms with Crippen molar-refractivity contribution >= 4 is 23.5 Å². The van der Waals surface area contributed by atoms with Crippen LogP contribution >= 0.6 is 11.6 Å². The van der Waals surface area contributed by atoms with Gasteiger partial charge in [0.2, 0.25) is 0 Å². The highest BCUT2D eigenvalue weighted by atomic mass is 35.5. The van der Waals surface area contributed by atoms with Crippen molar-refractivity contribution in [1.29, 1.82) is 0 Å². The normalized spacial score (nSPS) is 17.8. The largest absolute Gasteiger partial charge is 0.488 e. The van der Waals surface area contributed by atoms with Crippen LogP contribution in [-0.2, 0) is 6.42 Å². The molecule has 0 aromatic heterocycles. The van der Waals surface area contributed by atoms with E-state index in [1.54, 1.807) is 0 Å². The highest BCUT2D eigenvalue weighted by Gasteiger charge is 2.24. The third-order valence-electron chi connectivity index (χ3n) is 4.00. The second kappa shape index (κ2) is 5.15. The summed E-state index contributed by atoms with van der Waals surface area (Å²) in [7, 11) is 0. The highest BCUT2D eigenvalue weighted by Crippen LogP contribution is 2.31. The second-order valence-corrected chi connectivity index (χ2v) is 5.96. The second-order valence-electron chi connectivity index (χ2n) is 5.52. The molecule has 0 bridgehead atoms. The van der Waals surface area contributed by atoms with Crippen molar-refractivity contribution in [1.82, 2.24) is 0 Å². The van der Waals surface area contributed by atoms with Crippen molar-refractivity contribution < 1.29 is 9.53 Å². The average Bonchev–Trinajstić information content (AvgIpc) is 2.84. The predicted molar refractivity (Wildman–Crippen MR) is 87.5 cm³/mol. The standard InChI is InChI=1S/C19H13ClO2/c20-16-5-6-18-14(10-16)7-12(11-22-18)8-15-9-13-3-1-2-4-17(13)19(15)21/h1-8,10H,9,11H2. The number of ketones is 1. The van der Waals surface area contributed by atoms with Crippen LogP contribution < -0.4 is 4.74 Å². The van der Waals surface area contributed by atoms with Gasteiger partial charge < -0.3 is 4.74 Å². The third-order valence-corrected chi connectivity index (χ3v) is 4.24. The van der Waals surface area contributed by atoms with Gasteiger partial charge in [-0.2, -0.15) is 0 Å². The van der Waals surface area contributed by atoms with Gasteiger partial charge in [-0.25, -0.2) is 0 Å². The van der Waals surface area contributed by atoms with Crippen LogP contribution in [0.2, 0.25) is 5.02 Å². The molecular formula is C19H13ClO2. The monoisotopic (exact) mass is 308 g/mol. The molecule has 0 spiro atoms. The lowest BCUT2D eigenvalue weighted by Crippen LogP contribution is -2.07. The summed E-state index contributed by atoms with van der Waals surface area (Å²) >= 11 is 6.02. The van der Waals surface area contributed by atoms with Crippen LogP contribution in [0.25, 0.3) is 6.08 Å². The summed E-state index contributed by atoms with van der Waals surface area (Å²) in [6, 6.07) is 13.3. The molecule has 4 rings (SSSR count). The van der Waals surface area contributed by atoms with Crippen LogP contribution in [0.15, 0.2) is 59.7 Å². The Hall–Kier alpha value is -2.32.